The number of carbonyl (C=O) groups is 2. The molecule has 100 valence electrons. The highest BCUT2D eigenvalue weighted by Crippen LogP contribution is 2.13. The van der Waals surface area contributed by atoms with E-state index in [1.54, 1.807) is 0 Å². The summed E-state index contributed by atoms with van der Waals surface area (Å²) < 4.78 is 4.56. The Morgan fingerprint density at radius 3 is 2.18 bits per heavy atom. The summed E-state index contributed by atoms with van der Waals surface area (Å²) >= 11 is 3.17. The molecule has 0 spiro atoms. The quantitative estimate of drug-likeness (QED) is 0.553. The number of nitrogens with one attached hydrogen (secondary N) is 1. The fourth-order valence-corrected chi connectivity index (χ4v) is 2.00. The van der Waals surface area contributed by atoms with E-state index < -0.39 is 4.83 Å². The van der Waals surface area contributed by atoms with Gasteiger partial charge in [-0.05, 0) is 12.8 Å². The van der Waals surface area contributed by atoms with Crippen molar-refractivity contribution in [3.63, 3.8) is 0 Å². The van der Waals surface area contributed by atoms with Crippen molar-refractivity contribution in [2.75, 3.05) is 13.7 Å². The summed E-state index contributed by atoms with van der Waals surface area (Å²) in [6.07, 6.45) is 3.77. The first-order valence-corrected chi connectivity index (χ1v) is 6.97. The zero-order valence-corrected chi connectivity index (χ0v) is 12.4. The maximum atomic E-state index is 11.9. The van der Waals surface area contributed by atoms with Crippen molar-refractivity contribution in [3.05, 3.63) is 0 Å². The van der Waals surface area contributed by atoms with Gasteiger partial charge in [0, 0.05) is 12.5 Å². The van der Waals surface area contributed by atoms with E-state index in [0.717, 1.165) is 25.7 Å². The number of halogens is 1. The zero-order valence-electron chi connectivity index (χ0n) is 10.8. The molecule has 4 nitrogen and oxygen atoms in total. The van der Waals surface area contributed by atoms with Gasteiger partial charge in [-0.25, -0.2) is 0 Å². The molecule has 0 aliphatic heterocycles. The highest BCUT2D eigenvalue weighted by molar-refractivity contribution is 9.10. The maximum absolute atomic E-state index is 11.9. The average Bonchev–Trinajstić information content (AvgIpc) is 2.34. The largest absolute Gasteiger partial charge is 0.468 e. The Kier molecular flexibility index (Phi) is 9.13. The van der Waals surface area contributed by atoms with Gasteiger partial charge in [0.15, 0.2) is 0 Å². The number of ether oxygens (including phenoxy) is 1. The predicted octanol–water partition coefficient (Wildman–Crippen LogP) is 2.26. The summed E-state index contributed by atoms with van der Waals surface area (Å²) in [4.78, 5) is 22.5. The van der Waals surface area contributed by atoms with E-state index in [4.69, 9.17) is 0 Å². The summed E-state index contributed by atoms with van der Waals surface area (Å²) in [6, 6.07) is 0. The van der Waals surface area contributed by atoms with Crippen LogP contribution >= 0.6 is 15.9 Å². The van der Waals surface area contributed by atoms with Gasteiger partial charge < -0.3 is 10.1 Å². The summed E-state index contributed by atoms with van der Waals surface area (Å²) in [5.74, 6) is -0.280. The molecule has 0 aliphatic carbocycles. The highest BCUT2D eigenvalue weighted by atomic mass is 79.9. The summed E-state index contributed by atoms with van der Waals surface area (Å²) in [5.41, 5.74) is 0. The third-order valence-corrected chi connectivity index (χ3v) is 3.26. The zero-order chi connectivity index (χ0) is 13.3. The Labute approximate surface area is 112 Å². The summed E-state index contributed by atoms with van der Waals surface area (Å²) in [7, 11) is 1.33. The van der Waals surface area contributed by atoms with Crippen LogP contribution in [0.2, 0.25) is 0 Å². The van der Waals surface area contributed by atoms with Gasteiger partial charge in [0.25, 0.3) is 0 Å². The van der Waals surface area contributed by atoms with Crippen molar-refractivity contribution in [1.29, 1.82) is 0 Å². The lowest BCUT2D eigenvalue weighted by atomic mass is 9.97. The molecule has 5 heteroatoms. The van der Waals surface area contributed by atoms with E-state index in [9.17, 15) is 9.59 Å². The van der Waals surface area contributed by atoms with E-state index in [0.29, 0.717) is 0 Å². The van der Waals surface area contributed by atoms with Crippen LogP contribution in [-0.2, 0) is 14.3 Å². The first kappa shape index (κ1) is 16.4. The Morgan fingerprint density at radius 2 is 1.76 bits per heavy atom. The lowest BCUT2D eigenvalue weighted by Gasteiger charge is -2.16. The second-order valence-corrected chi connectivity index (χ2v) is 5.12. The van der Waals surface area contributed by atoms with Crippen LogP contribution in [0.1, 0.15) is 39.5 Å². The SMILES string of the molecule is CCCC(CCC)C(=O)NCC(Br)C(=O)OC. The molecule has 0 rings (SSSR count). The molecular formula is C12H22BrNO3. The molecule has 1 amide bonds. The van der Waals surface area contributed by atoms with Crippen molar-refractivity contribution >= 4 is 27.8 Å². The van der Waals surface area contributed by atoms with Crippen LogP contribution in [0.15, 0.2) is 0 Å². The minimum atomic E-state index is -0.472. The normalized spacial score (nSPS) is 12.3. The molecule has 0 heterocycles. The lowest BCUT2D eigenvalue weighted by Crippen LogP contribution is -2.37. The van der Waals surface area contributed by atoms with Gasteiger partial charge in [0.05, 0.1) is 7.11 Å². The number of hydrogen-bond acceptors (Lipinski definition) is 3. The third-order valence-electron chi connectivity index (χ3n) is 2.56. The second kappa shape index (κ2) is 9.45. The van der Waals surface area contributed by atoms with Gasteiger partial charge in [0.2, 0.25) is 5.91 Å². The molecule has 1 unspecified atom stereocenters. The van der Waals surface area contributed by atoms with Crippen LogP contribution in [-0.4, -0.2) is 30.4 Å². The molecule has 17 heavy (non-hydrogen) atoms. The molecule has 0 saturated heterocycles. The summed E-state index contributed by atoms with van der Waals surface area (Å²) in [6.45, 7) is 4.41. The van der Waals surface area contributed by atoms with Crippen LogP contribution < -0.4 is 5.32 Å². The maximum Gasteiger partial charge on any atom is 0.321 e. The molecule has 0 aromatic rings. The van der Waals surface area contributed by atoms with E-state index in [2.05, 4.69) is 39.8 Å². The average molecular weight is 308 g/mol. The number of rotatable bonds is 8. The molecule has 0 aromatic heterocycles. The Morgan fingerprint density at radius 1 is 1.24 bits per heavy atom. The molecule has 0 aromatic carbocycles. The van der Waals surface area contributed by atoms with E-state index in [-0.39, 0.29) is 24.3 Å². The smallest absolute Gasteiger partial charge is 0.321 e. The fraction of sp³-hybridized carbons (Fsp3) is 0.833. The molecule has 0 aliphatic rings. The number of carbonyl (C=O) groups excluding carboxylic acids is 2. The fourth-order valence-electron chi connectivity index (χ4n) is 1.65. The first-order chi connectivity index (χ1) is 8.06. The number of methoxy groups -OCH3 is 1. The first-order valence-electron chi connectivity index (χ1n) is 6.06. The topological polar surface area (TPSA) is 55.4 Å². The number of amides is 1. The van der Waals surface area contributed by atoms with Crippen LogP contribution in [0.5, 0.6) is 0 Å². The van der Waals surface area contributed by atoms with Crippen LogP contribution in [0, 0.1) is 5.92 Å². The molecule has 1 atom stereocenters. The molecule has 1 N–H and O–H groups in total. The number of alkyl halides is 1. The van der Waals surface area contributed by atoms with Gasteiger partial charge in [-0.2, -0.15) is 0 Å². The second-order valence-electron chi connectivity index (χ2n) is 4.01. The Balaban J connectivity index is 4.08. The van der Waals surface area contributed by atoms with E-state index >= 15 is 0 Å². The predicted molar refractivity (Wildman–Crippen MR) is 71.0 cm³/mol. The van der Waals surface area contributed by atoms with Gasteiger partial charge >= 0.3 is 5.97 Å². The number of esters is 1. The standard InChI is InChI=1S/C12H22BrNO3/c1-4-6-9(7-5-2)11(15)14-8-10(13)12(16)17-3/h9-10H,4-8H2,1-3H3,(H,14,15). The van der Waals surface area contributed by atoms with Gasteiger partial charge in [0.1, 0.15) is 4.83 Å². The van der Waals surface area contributed by atoms with E-state index in [1.165, 1.54) is 7.11 Å². The molecule has 0 radical (unpaired) electrons. The monoisotopic (exact) mass is 307 g/mol. The summed E-state index contributed by atoms with van der Waals surface area (Å²) in [5, 5.41) is 2.78. The van der Waals surface area contributed by atoms with Crippen LogP contribution in [0.4, 0.5) is 0 Å². The molecular weight excluding hydrogens is 286 g/mol. The van der Waals surface area contributed by atoms with Gasteiger partial charge in [-0.3, -0.25) is 9.59 Å². The minimum Gasteiger partial charge on any atom is -0.468 e. The van der Waals surface area contributed by atoms with Crippen molar-refractivity contribution in [3.8, 4) is 0 Å². The van der Waals surface area contributed by atoms with Crippen molar-refractivity contribution in [2.24, 2.45) is 5.92 Å². The Bertz CT molecular complexity index is 240. The van der Waals surface area contributed by atoms with E-state index in [1.807, 2.05) is 0 Å². The highest BCUT2D eigenvalue weighted by Gasteiger charge is 2.20. The molecule has 0 fully saturated rings. The van der Waals surface area contributed by atoms with Crippen molar-refractivity contribution in [2.45, 2.75) is 44.4 Å². The van der Waals surface area contributed by atoms with Crippen molar-refractivity contribution in [1.82, 2.24) is 5.32 Å². The van der Waals surface area contributed by atoms with Crippen molar-refractivity contribution < 1.29 is 14.3 Å². The number of hydrogen-bond donors (Lipinski definition) is 1. The third kappa shape index (κ3) is 6.66. The van der Waals surface area contributed by atoms with Gasteiger partial charge in [-0.1, -0.05) is 42.6 Å². The van der Waals surface area contributed by atoms with Gasteiger partial charge in [-0.15, -0.1) is 0 Å². The Hall–Kier alpha value is -0.580. The van der Waals surface area contributed by atoms with Crippen LogP contribution in [0.3, 0.4) is 0 Å². The molecule has 0 bridgehead atoms. The lowest BCUT2D eigenvalue weighted by molar-refractivity contribution is -0.139. The molecule has 0 saturated carbocycles. The van der Waals surface area contributed by atoms with Crippen LogP contribution in [0.25, 0.3) is 0 Å². The minimum absolute atomic E-state index is 0.0297.